The third kappa shape index (κ3) is 5.52. The Labute approximate surface area is 182 Å². The third-order valence-electron chi connectivity index (χ3n) is 3.33. The van der Waals surface area contributed by atoms with Crippen LogP contribution in [0.3, 0.4) is 0 Å². The van der Waals surface area contributed by atoms with Crippen molar-refractivity contribution >= 4 is 51.1 Å². The van der Waals surface area contributed by atoms with E-state index in [4.69, 9.17) is 29.3 Å². The Morgan fingerprint density at radius 3 is 2.37 bits per heavy atom. The maximum Gasteiger partial charge on any atom is 0.334 e. The van der Waals surface area contributed by atoms with E-state index in [-0.39, 0.29) is 38.0 Å². The monoisotopic (exact) mass is 608 g/mol. The number of rotatable bonds is 3. The average Bonchev–Trinajstić information content (AvgIpc) is 2.96. The summed E-state index contributed by atoms with van der Waals surface area (Å²) in [5.41, 5.74) is 0.778. The summed E-state index contributed by atoms with van der Waals surface area (Å²) in [6.07, 6.45) is 0. The second-order valence-electron chi connectivity index (χ2n) is 5.26. The van der Waals surface area contributed by atoms with E-state index < -0.39 is 16.0 Å². The molecule has 0 unspecified atom stereocenters. The van der Waals surface area contributed by atoms with Crippen molar-refractivity contribution < 1.29 is 40.7 Å². The number of hydrogen-bond acceptors (Lipinski definition) is 5. The van der Waals surface area contributed by atoms with E-state index in [1.165, 1.54) is 32.3 Å². The van der Waals surface area contributed by atoms with E-state index >= 15 is 0 Å². The Hall–Kier alpha value is -1.46. The Kier molecular flexibility index (Phi) is 8.43. The van der Waals surface area contributed by atoms with Crippen LogP contribution in [0.5, 0.6) is 0 Å². The molecule has 0 aliphatic rings. The van der Waals surface area contributed by atoms with Gasteiger partial charge in [0.15, 0.2) is 0 Å². The van der Waals surface area contributed by atoms with Crippen LogP contribution in [0.2, 0.25) is 5.15 Å². The molecule has 1 radical (unpaired) electrons. The Morgan fingerprint density at radius 2 is 1.85 bits per heavy atom. The van der Waals surface area contributed by atoms with Crippen LogP contribution in [-0.4, -0.2) is 43.0 Å². The first-order valence-electron chi connectivity index (χ1n) is 7.15. The molecule has 0 fully saturated rings. The largest absolute Gasteiger partial charge is 0.779 e. The zero-order valence-electron chi connectivity index (χ0n) is 14.1. The zero-order chi connectivity index (χ0) is 19.5. The number of carbonyl (C=O) groups is 1. The maximum atomic E-state index is 11.9. The fraction of sp³-hybridized carbons (Fsp3) is 0.125. The van der Waals surface area contributed by atoms with Gasteiger partial charge in [-0.05, 0) is 23.6 Å². The van der Waals surface area contributed by atoms with E-state index in [2.05, 4.69) is 10.2 Å². The number of hydrogen-bond donors (Lipinski definition) is 1. The molecule has 7 nitrogen and oxygen atoms in total. The molecule has 1 heterocycles. The number of aromatic nitrogens is 2. The van der Waals surface area contributed by atoms with Crippen molar-refractivity contribution in [2.75, 3.05) is 14.1 Å². The van der Waals surface area contributed by atoms with Crippen molar-refractivity contribution in [2.45, 2.75) is 9.79 Å². The van der Waals surface area contributed by atoms with Gasteiger partial charge in [0.05, 0.1) is 4.90 Å². The van der Waals surface area contributed by atoms with Crippen molar-refractivity contribution in [2.24, 2.45) is 0 Å². The van der Waals surface area contributed by atoms with Gasteiger partial charge in [-0.15, -0.1) is 5.52 Å². The second-order valence-corrected chi connectivity index (χ2v) is 8.21. The molecule has 0 aliphatic heterocycles. The first kappa shape index (κ1) is 23.6. The van der Waals surface area contributed by atoms with Gasteiger partial charge in [0, 0.05) is 42.0 Å². The van der Waals surface area contributed by atoms with Gasteiger partial charge in [-0.2, -0.15) is 4.90 Å². The van der Waals surface area contributed by atoms with Crippen molar-refractivity contribution in [3.05, 3.63) is 53.2 Å². The summed E-state index contributed by atoms with van der Waals surface area (Å²) in [6, 6.07) is 11.0. The molecule has 0 saturated carbocycles. The van der Waals surface area contributed by atoms with E-state index in [0.717, 1.165) is 4.31 Å². The topological polar surface area (TPSA) is 102 Å². The van der Waals surface area contributed by atoms with E-state index in [1.807, 2.05) is 0 Å². The van der Waals surface area contributed by atoms with Crippen molar-refractivity contribution in [3.63, 3.8) is 0 Å². The number of aromatic carboxylic acids is 1. The molecule has 27 heavy (non-hydrogen) atoms. The zero-order valence-corrected chi connectivity index (χ0v) is 18.6. The number of carboxylic acids is 1. The fourth-order valence-corrected chi connectivity index (χ4v) is 3.29. The van der Waals surface area contributed by atoms with E-state index in [9.17, 15) is 13.2 Å². The van der Waals surface area contributed by atoms with Gasteiger partial charge in [0.2, 0.25) is 10.0 Å². The van der Waals surface area contributed by atoms with Gasteiger partial charge < -0.3 is 27.9 Å². The third-order valence-corrected chi connectivity index (χ3v) is 5.78. The first-order chi connectivity index (χ1) is 12.1. The molecule has 3 rings (SSSR count). The summed E-state index contributed by atoms with van der Waals surface area (Å²) in [4.78, 5) is 10.9. The van der Waals surface area contributed by atoms with Crippen LogP contribution in [0.4, 0.5) is 0 Å². The molecule has 3 aromatic rings. The molecule has 0 amide bonds. The molecule has 0 spiro atoms. The molecule has 0 aliphatic carbocycles. The average molecular weight is 609 g/mol. The molecular weight excluding hydrogens is 595 g/mol. The van der Waals surface area contributed by atoms with Crippen LogP contribution < -0.4 is 5.10 Å². The number of nitrogens with zero attached hydrogens (tertiary/aromatic N) is 3. The number of sulfonamides is 1. The molecule has 2 aromatic carbocycles. The molecular formula is C16H14AuClN3O4S2-2. The van der Waals surface area contributed by atoms with Gasteiger partial charge in [0.25, 0.3) is 0 Å². The first-order valence-corrected chi connectivity index (χ1v) is 9.37. The van der Waals surface area contributed by atoms with Crippen LogP contribution in [0, 0.1) is 0 Å². The summed E-state index contributed by atoms with van der Waals surface area (Å²) >= 11 is 10.5. The molecule has 1 N–H and O–H groups in total. The van der Waals surface area contributed by atoms with E-state index in [0.29, 0.717) is 15.8 Å². The van der Waals surface area contributed by atoms with Crippen LogP contribution in [0.25, 0.3) is 10.9 Å². The van der Waals surface area contributed by atoms with Gasteiger partial charge in [-0.25, -0.2) is 17.5 Å². The quantitative estimate of drug-likeness (QED) is 0.360. The molecule has 0 atom stereocenters. The fourth-order valence-electron chi connectivity index (χ4n) is 1.93. The Bertz CT molecular complexity index is 1050. The molecule has 149 valence electrons. The van der Waals surface area contributed by atoms with Crippen LogP contribution in [0.15, 0.2) is 52.3 Å². The van der Waals surface area contributed by atoms with Gasteiger partial charge in [-0.1, -0.05) is 35.9 Å². The number of fused-ring (bicyclic) bond motifs is 1. The summed E-state index contributed by atoms with van der Waals surface area (Å²) in [7, 11) is -0.494. The minimum Gasteiger partial charge on any atom is -0.779 e. The number of benzene rings is 2. The van der Waals surface area contributed by atoms with Crippen molar-refractivity contribution in [1.29, 1.82) is 0 Å². The standard InChI is InChI=1S/C9H9ClN3O2S.C7H6O2S.Au/c1-13(2)16(14,15)6-3-4-8-7(5-6)9(10)12-11-8;8-7(9)5-3-1-2-4-6(5)10;/h3-5H,1-2H3;1-4,10H,(H,8,9);/q-1;;/p-1. The molecule has 1 aromatic heterocycles. The normalized spacial score (nSPS) is 10.8. The minimum atomic E-state index is -3.44. The summed E-state index contributed by atoms with van der Waals surface area (Å²) in [6.45, 7) is 0. The summed E-state index contributed by atoms with van der Waals surface area (Å²) in [5, 5.41) is 16.7. The minimum absolute atomic E-state index is 0. The molecule has 0 bridgehead atoms. The molecule has 0 saturated heterocycles. The van der Waals surface area contributed by atoms with Crippen LogP contribution in [-0.2, 0) is 45.0 Å². The smallest absolute Gasteiger partial charge is 0.334 e. The predicted molar refractivity (Wildman–Crippen MR) is 100.0 cm³/mol. The number of carboxylic acid groups (broad SMARTS) is 1. The van der Waals surface area contributed by atoms with Crippen LogP contribution in [0.1, 0.15) is 10.4 Å². The van der Waals surface area contributed by atoms with Crippen molar-refractivity contribution in [1.82, 2.24) is 14.5 Å². The van der Waals surface area contributed by atoms with Gasteiger partial charge in [0.1, 0.15) is 5.15 Å². The number of halogens is 1. The Morgan fingerprint density at radius 1 is 1.22 bits per heavy atom. The maximum absolute atomic E-state index is 11.9. The van der Waals surface area contributed by atoms with Crippen LogP contribution >= 0.6 is 11.6 Å². The van der Waals surface area contributed by atoms with Gasteiger partial charge >= 0.3 is 5.97 Å². The summed E-state index contributed by atoms with van der Waals surface area (Å²) < 4.78 is 24.8. The second kappa shape index (κ2) is 9.65. The van der Waals surface area contributed by atoms with Gasteiger partial charge in [-0.3, -0.25) is 0 Å². The SMILES string of the molecule is CN(C)S(=O)(=O)c1ccc2[n-]nc(Cl)c2c1.O=C(O)c1ccccc1[S-].[Au]. The Balaban J connectivity index is 0.000000288. The van der Waals surface area contributed by atoms with E-state index in [1.54, 1.807) is 24.3 Å². The molecule has 11 heteroatoms. The predicted octanol–water partition coefficient (Wildman–Crippen LogP) is 2.38. The van der Waals surface area contributed by atoms with Crippen molar-refractivity contribution in [3.8, 4) is 0 Å². The summed E-state index contributed by atoms with van der Waals surface area (Å²) in [5.74, 6) is -0.967.